The van der Waals surface area contributed by atoms with Crippen LogP contribution >= 0.6 is 31.9 Å². The van der Waals surface area contributed by atoms with Crippen molar-refractivity contribution in [1.82, 2.24) is 5.32 Å². The Morgan fingerprint density at radius 3 is 2.31 bits per heavy atom. The first-order chi connectivity index (χ1) is 7.63. The van der Waals surface area contributed by atoms with Gasteiger partial charge in [0.15, 0.2) is 0 Å². The molecule has 1 atom stereocenters. The molecule has 0 amide bonds. The van der Waals surface area contributed by atoms with Crippen LogP contribution in [0.4, 0.5) is 0 Å². The molecule has 1 rings (SSSR count). The van der Waals surface area contributed by atoms with Crippen molar-refractivity contribution in [2.24, 2.45) is 5.92 Å². The molecule has 3 heteroatoms. The van der Waals surface area contributed by atoms with Gasteiger partial charge in [-0.25, -0.2) is 0 Å². The van der Waals surface area contributed by atoms with Crippen molar-refractivity contribution in [2.75, 3.05) is 7.05 Å². The van der Waals surface area contributed by atoms with Crippen LogP contribution in [0.5, 0.6) is 0 Å². The minimum Gasteiger partial charge on any atom is -0.313 e. The van der Waals surface area contributed by atoms with Crippen LogP contribution in [-0.2, 0) is 0 Å². The zero-order valence-corrected chi connectivity index (χ0v) is 13.2. The van der Waals surface area contributed by atoms with E-state index in [4.69, 9.17) is 0 Å². The molecule has 0 heterocycles. The molecule has 1 unspecified atom stereocenters. The first-order valence-corrected chi connectivity index (χ1v) is 7.34. The van der Waals surface area contributed by atoms with Crippen molar-refractivity contribution in [2.45, 2.75) is 32.7 Å². The van der Waals surface area contributed by atoms with Gasteiger partial charge in [0.25, 0.3) is 0 Å². The molecule has 0 spiro atoms. The lowest BCUT2D eigenvalue weighted by Gasteiger charge is -2.26. The largest absolute Gasteiger partial charge is 0.313 e. The van der Waals surface area contributed by atoms with Crippen LogP contribution in [0.2, 0.25) is 0 Å². The van der Waals surface area contributed by atoms with E-state index < -0.39 is 0 Å². The quantitative estimate of drug-likeness (QED) is 0.797. The van der Waals surface area contributed by atoms with Gasteiger partial charge in [-0.15, -0.1) is 0 Å². The van der Waals surface area contributed by atoms with Gasteiger partial charge in [-0.2, -0.15) is 0 Å². The van der Waals surface area contributed by atoms with Gasteiger partial charge >= 0.3 is 0 Å². The number of rotatable bonds is 5. The highest BCUT2D eigenvalue weighted by molar-refractivity contribution is 9.11. The summed E-state index contributed by atoms with van der Waals surface area (Å²) in [5.74, 6) is 0.676. The van der Waals surface area contributed by atoms with Crippen molar-refractivity contribution >= 4 is 31.9 Å². The van der Waals surface area contributed by atoms with Crippen LogP contribution < -0.4 is 5.32 Å². The Morgan fingerprint density at radius 1 is 1.19 bits per heavy atom. The molecule has 0 saturated carbocycles. The fraction of sp³-hybridized carbons (Fsp3) is 0.538. The summed E-state index contributed by atoms with van der Waals surface area (Å²) < 4.78 is 2.32. The summed E-state index contributed by atoms with van der Waals surface area (Å²) in [5, 5.41) is 3.44. The fourth-order valence-corrected chi connectivity index (χ4v) is 3.03. The smallest absolute Gasteiger partial charge is 0.0357 e. The molecule has 1 nitrogen and oxygen atoms in total. The minimum absolute atomic E-state index is 0.418. The molecule has 90 valence electrons. The summed E-state index contributed by atoms with van der Waals surface area (Å²) >= 11 is 7.18. The number of benzene rings is 1. The zero-order chi connectivity index (χ0) is 12.1. The molecule has 0 aromatic heterocycles. The standard InChI is InChI=1S/C13H19Br2N/c1-4-9(5-2)13(16-3)11-8-10(14)6-7-12(11)15/h6-9,13,16H,4-5H2,1-3H3. The van der Waals surface area contributed by atoms with E-state index >= 15 is 0 Å². The topological polar surface area (TPSA) is 12.0 Å². The highest BCUT2D eigenvalue weighted by Gasteiger charge is 2.20. The first kappa shape index (κ1) is 14.2. The molecule has 0 aliphatic carbocycles. The van der Waals surface area contributed by atoms with Crippen LogP contribution in [0.25, 0.3) is 0 Å². The molecule has 0 bridgehead atoms. The van der Waals surface area contributed by atoms with Gasteiger partial charge in [-0.1, -0.05) is 58.5 Å². The lowest BCUT2D eigenvalue weighted by molar-refractivity contribution is 0.358. The van der Waals surface area contributed by atoms with Gasteiger partial charge in [0, 0.05) is 15.0 Å². The van der Waals surface area contributed by atoms with Crippen molar-refractivity contribution in [3.05, 3.63) is 32.7 Å². The molecule has 1 N–H and O–H groups in total. The number of nitrogens with one attached hydrogen (secondary N) is 1. The summed E-state index contributed by atoms with van der Waals surface area (Å²) in [6.07, 6.45) is 2.39. The summed E-state index contributed by atoms with van der Waals surface area (Å²) in [6, 6.07) is 6.78. The van der Waals surface area contributed by atoms with Crippen LogP contribution in [0.15, 0.2) is 27.1 Å². The third-order valence-electron chi connectivity index (χ3n) is 3.12. The van der Waals surface area contributed by atoms with Crippen molar-refractivity contribution in [3.8, 4) is 0 Å². The maximum atomic E-state index is 3.64. The SMILES string of the molecule is CCC(CC)C(NC)c1cc(Br)ccc1Br. The molecular weight excluding hydrogens is 330 g/mol. The molecule has 0 saturated heterocycles. The lowest BCUT2D eigenvalue weighted by atomic mass is 9.89. The molecule has 0 fully saturated rings. The normalized spacial score (nSPS) is 13.1. The summed E-state index contributed by atoms with van der Waals surface area (Å²) in [6.45, 7) is 4.51. The van der Waals surface area contributed by atoms with Gasteiger partial charge in [-0.3, -0.25) is 0 Å². The predicted molar refractivity (Wildman–Crippen MR) is 77.7 cm³/mol. The summed E-state index contributed by atoms with van der Waals surface area (Å²) in [5.41, 5.74) is 1.34. The average molecular weight is 349 g/mol. The van der Waals surface area contributed by atoms with Gasteiger partial charge < -0.3 is 5.32 Å². The Bertz CT molecular complexity index is 335. The number of hydrogen-bond donors (Lipinski definition) is 1. The van der Waals surface area contributed by atoms with E-state index in [1.165, 1.54) is 22.9 Å². The van der Waals surface area contributed by atoms with Crippen LogP contribution in [-0.4, -0.2) is 7.05 Å². The maximum Gasteiger partial charge on any atom is 0.0357 e. The van der Waals surface area contributed by atoms with E-state index in [-0.39, 0.29) is 0 Å². The zero-order valence-electron chi connectivity index (χ0n) is 10.1. The third kappa shape index (κ3) is 3.31. The fourth-order valence-electron chi connectivity index (χ4n) is 2.16. The first-order valence-electron chi connectivity index (χ1n) is 5.76. The van der Waals surface area contributed by atoms with E-state index in [9.17, 15) is 0 Å². The molecule has 1 aromatic carbocycles. The van der Waals surface area contributed by atoms with E-state index in [2.05, 4.69) is 69.2 Å². The van der Waals surface area contributed by atoms with E-state index in [1.807, 2.05) is 7.05 Å². The molecular formula is C13H19Br2N. The van der Waals surface area contributed by atoms with E-state index in [1.54, 1.807) is 0 Å². The summed E-state index contributed by atoms with van der Waals surface area (Å²) in [7, 11) is 2.04. The Labute approximate surface area is 115 Å². The molecule has 0 radical (unpaired) electrons. The van der Waals surface area contributed by atoms with Gasteiger partial charge in [0.1, 0.15) is 0 Å². The third-order valence-corrected chi connectivity index (χ3v) is 4.34. The van der Waals surface area contributed by atoms with Crippen LogP contribution in [0.1, 0.15) is 38.3 Å². The Kier molecular flexibility index (Phi) is 6.01. The van der Waals surface area contributed by atoms with Gasteiger partial charge in [0.2, 0.25) is 0 Å². The maximum absolute atomic E-state index is 3.64. The van der Waals surface area contributed by atoms with Gasteiger partial charge in [0.05, 0.1) is 0 Å². The highest BCUT2D eigenvalue weighted by Crippen LogP contribution is 2.33. The molecule has 0 aliphatic rings. The monoisotopic (exact) mass is 347 g/mol. The van der Waals surface area contributed by atoms with E-state index in [0.29, 0.717) is 12.0 Å². The van der Waals surface area contributed by atoms with Crippen molar-refractivity contribution in [1.29, 1.82) is 0 Å². The Hall–Kier alpha value is 0.140. The molecule has 1 aromatic rings. The lowest BCUT2D eigenvalue weighted by Crippen LogP contribution is -2.25. The second-order valence-electron chi connectivity index (χ2n) is 4.01. The highest BCUT2D eigenvalue weighted by atomic mass is 79.9. The van der Waals surface area contributed by atoms with Gasteiger partial charge in [-0.05, 0) is 36.7 Å². The average Bonchev–Trinajstić information content (AvgIpc) is 2.29. The Balaban J connectivity index is 3.06. The second-order valence-corrected chi connectivity index (χ2v) is 5.78. The van der Waals surface area contributed by atoms with Crippen molar-refractivity contribution in [3.63, 3.8) is 0 Å². The summed E-state index contributed by atoms with van der Waals surface area (Å²) in [4.78, 5) is 0. The van der Waals surface area contributed by atoms with Crippen LogP contribution in [0, 0.1) is 5.92 Å². The van der Waals surface area contributed by atoms with E-state index in [0.717, 1.165) is 4.47 Å². The van der Waals surface area contributed by atoms with Crippen LogP contribution in [0.3, 0.4) is 0 Å². The number of halogens is 2. The second kappa shape index (κ2) is 6.77. The minimum atomic E-state index is 0.418. The predicted octanol–water partition coefficient (Wildman–Crippen LogP) is 4.91. The molecule has 16 heavy (non-hydrogen) atoms. The Morgan fingerprint density at radius 2 is 1.81 bits per heavy atom. The number of hydrogen-bond acceptors (Lipinski definition) is 1. The molecule has 0 aliphatic heterocycles. The van der Waals surface area contributed by atoms with Crippen molar-refractivity contribution < 1.29 is 0 Å².